The van der Waals surface area contributed by atoms with Crippen LogP contribution in [-0.4, -0.2) is 17.5 Å². The van der Waals surface area contributed by atoms with Crippen LogP contribution in [0.3, 0.4) is 0 Å². The van der Waals surface area contributed by atoms with Crippen molar-refractivity contribution in [3.8, 4) is 0 Å². The van der Waals surface area contributed by atoms with E-state index < -0.39 is 22.0 Å². The number of benzene rings is 1. The first-order valence-corrected chi connectivity index (χ1v) is 9.55. The van der Waals surface area contributed by atoms with Gasteiger partial charge < -0.3 is 9.47 Å². The molecule has 132 valence electrons. The van der Waals surface area contributed by atoms with Gasteiger partial charge in [-0.05, 0) is 32.6 Å². The van der Waals surface area contributed by atoms with Crippen molar-refractivity contribution in [1.29, 1.82) is 0 Å². The topological polar surface area (TPSA) is 52.6 Å². The Morgan fingerprint density at radius 1 is 0.760 bits per heavy atom. The van der Waals surface area contributed by atoms with Gasteiger partial charge in [-0.2, -0.15) is 0 Å². The van der Waals surface area contributed by atoms with E-state index in [4.69, 9.17) is 9.47 Å². The van der Waals surface area contributed by atoms with Gasteiger partial charge in [0.15, 0.2) is 11.2 Å². The quantitative estimate of drug-likeness (QED) is 0.728. The molecule has 1 aromatic rings. The molecule has 2 aliphatic heterocycles. The van der Waals surface area contributed by atoms with Gasteiger partial charge in [0.25, 0.3) is 0 Å². The van der Waals surface area contributed by atoms with Crippen molar-refractivity contribution in [2.75, 3.05) is 0 Å². The zero-order valence-corrected chi connectivity index (χ0v) is 14.7. The summed E-state index contributed by atoms with van der Waals surface area (Å²) in [6, 6.07) is 9.88. The molecule has 25 heavy (non-hydrogen) atoms. The number of hydrogen-bond acceptors (Lipinski definition) is 4. The fourth-order valence-electron chi connectivity index (χ4n) is 6.49. The van der Waals surface area contributed by atoms with Gasteiger partial charge in [-0.1, -0.05) is 56.0 Å². The summed E-state index contributed by atoms with van der Waals surface area (Å²) in [5.41, 5.74) is -2.41. The van der Waals surface area contributed by atoms with Crippen LogP contribution in [0.5, 0.6) is 0 Å². The maximum atomic E-state index is 13.2. The molecule has 0 aromatic heterocycles. The van der Waals surface area contributed by atoms with Crippen molar-refractivity contribution in [3.05, 3.63) is 35.9 Å². The lowest BCUT2D eigenvalue weighted by atomic mass is 9.56. The predicted molar refractivity (Wildman–Crippen MR) is 90.5 cm³/mol. The van der Waals surface area contributed by atoms with Gasteiger partial charge >= 0.3 is 11.9 Å². The highest BCUT2D eigenvalue weighted by Gasteiger charge is 2.86. The van der Waals surface area contributed by atoms with Gasteiger partial charge in [0.05, 0.1) is 0 Å². The monoisotopic (exact) mass is 340 g/mol. The number of esters is 2. The van der Waals surface area contributed by atoms with E-state index in [1.54, 1.807) is 0 Å². The molecule has 4 heteroatoms. The van der Waals surface area contributed by atoms with Crippen LogP contribution in [0.2, 0.25) is 0 Å². The zero-order valence-electron chi connectivity index (χ0n) is 14.7. The molecule has 0 amide bonds. The second-order valence-corrected chi connectivity index (χ2v) is 8.44. The molecule has 2 heterocycles. The van der Waals surface area contributed by atoms with Crippen LogP contribution in [0.4, 0.5) is 0 Å². The molecular formula is C21H24O4. The van der Waals surface area contributed by atoms with Gasteiger partial charge in [0.2, 0.25) is 0 Å². The standard InChI is InChI=1S/C21H24O4/c1-18-19(11-5-6-12-19)16(22)25-21(18,15-9-3-2-4-10-15)20(17(23)24-18)13-7-8-14-20/h2-4,9-10H,5-8,11-14H2,1H3/t18-,21-/m0/s1. The van der Waals surface area contributed by atoms with Gasteiger partial charge in [-0.3, -0.25) is 9.59 Å². The zero-order chi connectivity index (χ0) is 17.3. The number of carbonyl (C=O) groups excluding carboxylic acids is 2. The van der Waals surface area contributed by atoms with Crippen molar-refractivity contribution in [2.24, 2.45) is 10.8 Å². The molecule has 4 fully saturated rings. The molecule has 1 aromatic carbocycles. The maximum Gasteiger partial charge on any atom is 0.317 e. The van der Waals surface area contributed by atoms with Crippen LogP contribution >= 0.6 is 0 Å². The third-order valence-corrected chi connectivity index (χ3v) is 7.68. The summed E-state index contributed by atoms with van der Waals surface area (Å²) in [4.78, 5) is 26.5. The number of hydrogen-bond donors (Lipinski definition) is 0. The first-order chi connectivity index (χ1) is 12.0. The summed E-state index contributed by atoms with van der Waals surface area (Å²) in [7, 11) is 0. The molecule has 5 rings (SSSR count). The van der Waals surface area contributed by atoms with E-state index >= 15 is 0 Å². The van der Waals surface area contributed by atoms with Crippen LogP contribution in [0, 0.1) is 10.8 Å². The third kappa shape index (κ3) is 1.44. The van der Waals surface area contributed by atoms with Crippen LogP contribution < -0.4 is 0 Å². The summed E-state index contributed by atoms with van der Waals surface area (Å²) in [5, 5.41) is 0. The van der Waals surface area contributed by atoms with E-state index in [1.165, 1.54) is 0 Å². The Morgan fingerprint density at radius 2 is 1.28 bits per heavy atom. The molecule has 0 unspecified atom stereocenters. The van der Waals surface area contributed by atoms with Crippen molar-refractivity contribution in [1.82, 2.24) is 0 Å². The lowest BCUT2D eigenvalue weighted by Crippen LogP contribution is -2.57. The third-order valence-electron chi connectivity index (χ3n) is 7.68. The van der Waals surface area contributed by atoms with Crippen LogP contribution in [0.25, 0.3) is 0 Å². The Bertz CT molecular complexity index is 740. The van der Waals surface area contributed by atoms with E-state index in [9.17, 15) is 9.59 Å². The molecule has 2 spiro atoms. The highest BCUT2D eigenvalue weighted by atomic mass is 16.6. The average molecular weight is 340 g/mol. The number of rotatable bonds is 1. The van der Waals surface area contributed by atoms with Gasteiger partial charge in [-0.15, -0.1) is 0 Å². The molecular weight excluding hydrogens is 316 g/mol. The summed E-state index contributed by atoms with van der Waals surface area (Å²) >= 11 is 0. The molecule has 4 nitrogen and oxygen atoms in total. The van der Waals surface area contributed by atoms with E-state index in [1.807, 2.05) is 37.3 Å². The SMILES string of the molecule is C[C@@]12OC(=O)C3(CCCC3)[C@@]1(c1ccccc1)OC(=O)C21CCCC1. The second-order valence-electron chi connectivity index (χ2n) is 8.44. The minimum atomic E-state index is -0.990. The van der Waals surface area contributed by atoms with E-state index in [0.717, 1.165) is 56.9 Å². The van der Waals surface area contributed by atoms with Crippen LogP contribution in [-0.2, 0) is 24.7 Å². The van der Waals surface area contributed by atoms with Gasteiger partial charge in [0.1, 0.15) is 10.8 Å². The highest BCUT2D eigenvalue weighted by Crippen LogP contribution is 2.74. The molecule has 2 atom stereocenters. The van der Waals surface area contributed by atoms with E-state index in [0.29, 0.717) is 0 Å². The summed E-state index contributed by atoms with van der Waals surface area (Å²) in [5.74, 6) is -0.315. The van der Waals surface area contributed by atoms with Gasteiger partial charge in [-0.25, -0.2) is 0 Å². The summed E-state index contributed by atoms with van der Waals surface area (Å²) < 4.78 is 12.5. The fourth-order valence-corrected chi connectivity index (χ4v) is 6.49. The van der Waals surface area contributed by atoms with E-state index in [-0.39, 0.29) is 11.9 Å². The molecule has 2 saturated carbocycles. The summed E-state index contributed by atoms with van der Waals surface area (Å²) in [6.45, 7) is 1.97. The summed E-state index contributed by atoms with van der Waals surface area (Å²) in [6.07, 6.45) is 6.90. The van der Waals surface area contributed by atoms with Crippen molar-refractivity contribution >= 4 is 11.9 Å². The highest BCUT2D eigenvalue weighted by molar-refractivity contribution is 5.92. The first kappa shape index (κ1) is 15.4. The largest absolute Gasteiger partial charge is 0.453 e. The molecule has 4 aliphatic rings. The lowest BCUT2D eigenvalue weighted by molar-refractivity contribution is -0.169. The Balaban J connectivity index is 1.82. The molecule has 0 radical (unpaired) electrons. The minimum absolute atomic E-state index is 0.157. The van der Waals surface area contributed by atoms with Crippen molar-refractivity contribution in [2.45, 2.75) is 69.5 Å². The molecule has 0 N–H and O–H groups in total. The van der Waals surface area contributed by atoms with E-state index in [2.05, 4.69) is 0 Å². The second kappa shape index (κ2) is 4.66. The minimum Gasteiger partial charge on any atom is -0.453 e. The molecule has 2 saturated heterocycles. The Kier molecular flexibility index (Phi) is 2.87. The molecule has 0 bridgehead atoms. The number of ether oxygens (including phenoxy) is 2. The Morgan fingerprint density at radius 3 is 1.88 bits per heavy atom. The van der Waals surface area contributed by atoms with Gasteiger partial charge in [0, 0.05) is 5.56 Å². The lowest BCUT2D eigenvalue weighted by Gasteiger charge is -2.44. The normalized spacial score (nSPS) is 37.5. The van der Waals surface area contributed by atoms with Crippen LogP contribution in [0.1, 0.15) is 63.9 Å². The maximum absolute atomic E-state index is 13.2. The smallest absolute Gasteiger partial charge is 0.317 e. The Labute approximate surface area is 147 Å². The van der Waals surface area contributed by atoms with Crippen molar-refractivity contribution in [3.63, 3.8) is 0 Å². The number of fused-ring (bicyclic) bond motifs is 3. The first-order valence-electron chi connectivity index (χ1n) is 9.55. The van der Waals surface area contributed by atoms with Crippen molar-refractivity contribution < 1.29 is 19.1 Å². The molecule has 2 aliphatic carbocycles. The fraction of sp³-hybridized carbons (Fsp3) is 0.619. The van der Waals surface area contributed by atoms with Crippen LogP contribution in [0.15, 0.2) is 30.3 Å². The average Bonchev–Trinajstić information content (AvgIpc) is 3.35. The predicted octanol–water partition coefficient (Wildman–Crippen LogP) is 3.88. The number of carbonyl (C=O) groups is 2. The Hall–Kier alpha value is -1.84.